The Morgan fingerprint density at radius 2 is 2.00 bits per heavy atom. The lowest BCUT2D eigenvalue weighted by Gasteiger charge is -2.38. The summed E-state index contributed by atoms with van der Waals surface area (Å²) in [4.78, 5) is 9.00. The van der Waals surface area contributed by atoms with Gasteiger partial charge in [0.25, 0.3) is 5.97 Å². The van der Waals surface area contributed by atoms with E-state index in [1.165, 1.54) is 0 Å². The number of methoxy groups -OCH3 is 1. The monoisotopic (exact) mass is 188 g/mol. The van der Waals surface area contributed by atoms with Gasteiger partial charge < -0.3 is 15.6 Å². The molecule has 0 radical (unpaired) electrons. The number of hydrogen-bond donors (Lipinski definition) is 3. The molecule has 0 aromatic heterocycles. The van der Waals surface area contributed by atoms with Crippen molar-refractivity contribution in [1.82, 2.24) is 0 Å². The van der Waals surface area contributed by atoms with Crippen LogP contribution in [0.15, 0.2) is 0 Å². The molecule has 0 unspecified atom stereocenters. The van der Waals surface area contributed by atoms with Gasteiger partial charge in [-0.3, -0.25) is 10.2 Å². The fourth-order valence-electron chi connectivity index (χ4n) is 1.08. The SMILES string of the molecule is CC(=O)O.COC1(C(=N)N)CCC1. The summed E-state index contributed by atoms with van der Waals surface area (Å²) in [5.74, 6) is -0.656. The average molecular weight is 188 g/mol. The summed E-state index contributed by atoms with van der Waals surface area (Å²) in [6, 6.07) is 0. The second-order valence-corrected chi connectivity index (χ2v) is 2.98. The van der Waals surface area contributed by atoms with Crippen molar-refractivity contribution in [2.24, 2.45) is 5.73 Å². The molecule has 0 saturated heterocycles. The number of amidine groups is 1. The van der Waals surface area contributed by atoms with Gasteiger partial charge in [0.15, 0.2) is 0 Å². The lowest BCUT2D eigenvalue weighted by molar-refractivity contribution is -0.134. The number of rotatable bonds is 2. The smallest absolute Gasteiger partial charge is 0.300 e. The zero-order valence-electron chi connectivity index (χ0n) is 7.96. The van der Waals surface area contributed by atoms with Gasteiger partial charge in [-0.25, -0.2) is 0 Å². The molecule has 0 spiro atoms. The largest absolute Gasteiger partial charge is 0.481 e. The Bertz CT molecular complexity index is 190. The second-order valence-electron chi connectivity index (χ2n) is 2.98. The number of hydrogen-bond acceptors (Lipinski definition) is 3. The minimum atomic E-state index is -0.833. The first kappa shape index (κ1) is 11.9. The first-order valence-corrected chi connectivity index (χ1v) is 4.04. The predicted octanol–water partition coefficient (Wildman–Crippen LogP) is 0.582. The predicted molar refractivity (Wildman–Crippen MR) is 48.8 cm³/mol. The van der Waals surface area contributed by atoms with Crippen LogP contribution in [0.5, 0.6) is 0 Å². The van der Waals surface area contributed by atoms with E-state index in [4.69, 9.17) is 25.8 Å². The number of aliphatic carboxylic acids is 1. The summed E-state index contributed by atoms with van der Waals surface area (Å²) in [6.45, 7) is 1.08. The molecule has 13 heavy (non-hydrogen) atoms. The van der Waals surface area contributed by atoms with Gasteiger partial charge >= 0.3 is 0 Å². The first-order valence-electron chi connectivity index (χ1n) is 4.04. The number of carboxylic acid groups (broad SMARTS) is 1. The average Bonchev–Trinajstić information content (AvgIpc) is 1.82. The highest BCUT2D eigenvalue weighted by Crippen LogP contribution is 2.34. The fraction of sp³-hybridized carbons (Fsp3) is 0.750. The van der Waals surface area contributed by atoms with Crippen molar-refractivity contribution in [2.45, 2.75) is 31.8 Å². The van der Waals surface area contributed by atoms with Crippen LogP contribution in [0, 0.1) is 5.41 Å². The van der Waals surface area contributed by atoms with Gasteiger partial charge in [0.1, 0.15) is 11.4 Å². The van der Waals surface area contributed by atoms with Crippen LogP contribution in [0.25, 0.3) is 0 Å². The zero-order valence-corrected chi connectivity index (χ0v) is 7.96. The van der Waals surface area contributed by atoms with Crippen LogP contribution in [0.4, 0.5) is 0 Å². The summed E-state index contributed by atoms with van der Waals surface area (Å²) in [7, 11) is 1.61. The lowest BCUT2D eigenvalue weighted by atomic mass is 9.79. The van der Waals surface area contributed by atoms with Crippen molar-refractivity contribution in [1.29, 1.82) is 5.41 Å². The molecule has 1 rings (SSSR count). The number of ether oxygens (including phenoxy) is 1. The van der Waals surface area contributed by atoms with E-state index in [2.05, 4.69) is 0 Å². The molecule has 4 N–H and O–H groups in total. The topological polar surface area (TPSA) is 96.4 Å². The summed E-state index contributed by atoms with van der Waals surface area (Å²) in [5.41, 5.74) is 4.93. The van der Waals surface area contributed by atoms with Gasteiger partial charge in [-0.2, -0.15) is 0 Å². The van der Waals surface area contributed by atoms with Crippen LogP contribution in [-0.4, -0.2) is 29.6 Å². The van der Waals surface area contributed by atoms with Crippen molar-refractivity contribution in [2.75, 3.05) is 7.11 Å². The van der Waals surface area contributed by atoms with Crippen molar-refractivity contribution < 1.29 is 14.6 Å². The molecule has 0 atom stereocenters. The Morgan fingerprint density at radius 3 is 2.00 bits per heavy atom. The maximum atomic E-state index is 9.00. The van der Waals surface area contributed by atoms with E-state index < -0.39 is 5.97 Å². The number of nitrogens with one attached hydrogen (secondary N) is 1. The third-order valence-corrected chi connectivity index (χ3v) is 2.04. The van der Waals surface area contributed by atoms with Gasteiger partial charge in [-0.15, -0.1) is 0 Å². The Labute approximate surface area is 77.4 Å². The quantitative estimate of drug-likeness (QED) is 0.436. The molecule has 5 heteroatoms. The van der Waals surface area contributed by atoms with Crippen molar-refractivity contribution in [3.05, 3.63) is 0 Å². The van der Waals surface area contributed by atoms with Crippen LogP contribution >= 0.6 is 0 Å². The van der Waals surface area contributed by atoms with E-state index >= 15 is 0 Å². The summed E-state index contributed by atoms with van der Waals surface area (Å²) < 4.78 is 5.09. The van der Waals surface area contributed by atoms with Crippen molar-refractivity contribution in [3.63, 3.8) is 0 Å². The van der Waals surface area contributed by atoms with E-state index in [-0.39, 0.29) is 11.4 Å². The number of carboxylic acids is 1. The Hall–Kier alpha value is -1.10. The molecule has 5 nitrogen and oxygen atoms in total. The minimum absolute atomic E-state index is 0.177. The van der Waals surface area contributed by atoms with Gasteiger partial charge in [-0.05, 0) is 19.3 Å². The fourth-order valence-corrected chi connectivity index (χ4v) is 1.08. The van der Waals surface area contributed by atoms with E-state index in [1.807, 2.05) is 0 Å². The highest BCUT2D eigenvalue weighted by molar-refractivity contribution is 5.87. The molecule has 1 fully saturated rings. The van der Waals surface area contributed by atoms with Crippen molar-refractivity contribution >= 4 is 11.8 Å². The Balaban J connectivity index is 0.000000310. The van der Waals surface area contributed by atoms with Gasteiger partial charge in [0, 0.05) is 14.0 Å². The van der Waals surface area contributed by atoms with E-state index in [1.54, 1.807) is 7.11 Å². The third-order valence-electron chi connectivity index (χ3n) is 2.04. The third kappa shape index (κ3) is 3.42. The number of nitrogens with two attached hydrogens (primary N) is 1. The van der Waals surface area contributed by atoms with E-state index in [0.717, 1.165) is 26.2 Å². The van der Waals surface area contributed by atoms with Crippen LogP contribution < -0.4 is 5.73 Å². The first-order chi connectivity index (χ1) is 5.94. The minimum Gasteiger partial charge on any atom is -0.481 e. The maximum absolute atomic E-state index is 9.00. The maximum Gasteiger partial charge on any atom is 0.300 e. The van der Waals surface area contributed by atoms with Crippen LogP contribution in [-0.2, 0) is 9.53 Å². The second kappa shape index (κ2) is 4.81. The molecule has 0 aliphatic heterocycles. The Kier molecular flexibility index (Phi) is 4.40. The lowest BCUT2D eigenvalue weighted by Crippen LogP contribution is -2.50. The Morgan fingerprint density at radius 1 is 1.62 bits per heavy atom. The molecule has 0 aromatic carbocycles. The van der Waals surface area contributed by atoms with Gasteiger partial charge in [0.05, 0.1) is 0 Å². The standard InChI is InChI=1S/C6H12N2O.C2H4O2/c1-9-6(5(7)8)3-2-4-6;1-2(3)4/h2-4H2,1H3,(H3,7,8);1H3,(H,3,4). The van der Waals surface area contributed by atoms with Crippen LogP contribution in [0.3, 0.4) is 0 Å². The van der Waals surface area contributed by atoms with Crippen LogP contribution in [0.1, 0.15) is 26.2 Å². The molecule has 1 aliphatic carbocycles. The van der Waals surface area contributed by atoms with Gasteiger partial charge in [-0.1, -0.05) is 0 Å². The zero-order chi connectivity index (χ0) is 10.5. The highest BCUT2D eigenvalue weighted by Gasteiger charge is 2.40. The molecule has 0 bridgehead atoms. The molecule has 1 saturated carbocycles. The molecule has 0 heterocycles. The van der Waals surface area contributed by atoms with E-state index in [0.29, 0.717) is 0 Å². The normalized spacial score (nSPS) is 17.7. The molecule has 76 valence electrons. The molecule has 0 aromatic rings. The number of carbonyl (C=O) groups is 1. The summed E-state index contributed by atoms with van der Waals surface area (Å²) in [6.07, 6.45) is 2.96. The van der Waals surface area contributed by atoms with Crippen molar-refractivity contribution in [3.8, 4) is 0 Å². The highest BCUT2D eigenvalue weighted by atomic mass is 16.5. The summed E-state index contributed by atoms with van der Waals surface area (Å²) in [5, 5.41) is 14.6. The molecule has 1 aliphatic rings. The van der Waals surface area contributed by atoms with Crippen LogP contribution in [0.2, 0.25) is 0 Å². The molecular weight excluding hydrogens is 172 g/mol. The molecular formula is C8H16N2O3. The summed E-state index contributed by atoms with van der Waals surface area (Å²) >= 11 is 0. The van der Waals surface area contributed by atoms with Gasteiger partial charge in [0.2, 0.25) is 0 Å². The molecule has 0 amide bonds. The van der Waals surface area contributed by atoms with E-state index in [9.17, 15) is 0 Å².